The van der Waals surface area contributed by atoms with Gasteiger partial charge in [0.05, 0.1) is 18.1 Å². The van der Waals surface area contributed by atoms with Gasteiger partial charge in [-0.2, -0.15) is 13.5 Å². The molecule has 12 heteroatoms. The minimum Gasteiger partial charge on any atom is -0.496 e. The van der Waals surface area contributed by atoms with Gasteiger partial charge < -0.3 is 19.7 Å². The number of carbonyl (C=O) groups is 1. The minimum atomic E-state index is -4.60. The first kappa shape index (κ1) is 33.7. The number of sulfonamides is 1. The minimum absolute atomic E-state index is 0.122. The summed E-state index contributed by atoms with van der Waals surface area (Å²) in [6.07, 6.45) is 4.43. The molecule has 49 heavy (non-hydrogen) atoms. The number of hydrogen-bond donors (Lipinski definition) is 2. The van der Waals surface area contributed by atoms with Crippen LogP contribution >= 0.6 is 11.6 Å². The Bertz CT molecular complexity index is 1960. The quantitative estimate of drug-likeness (QED) is 0.193. The zero-order valence-electron chi connectivity index (χ0n) is 27.0. The second-order valence-corrected chi connectivity index (χ2v) is 15.4. The van der Waals surface area contributed by atoms with E-state index in [2.05, 4.69) is 10.0 Å². The van der Waals surface area contributed by atoms with E-state index in [0.29, 0.717) is 40.4 Å². The van der Waals surface area contributed by atoms with Crippen LogP contribution in [0.5, 0.6) is 11.5 Å². The number of alkyl halides is 2. The first-order chi connectivity index (χ1) is 23.5. The highest BCUT2D eigenvalue weighted by Crippen LogP contribution is 2.40. The third-order valence-corrected chi connectivity index (χ3v) is 11.7. The fraction of sp³-hybridized carbons (Fsp3) is 0.378. The molecule has 3 atom stereocenters. The molecule has 1 amide bonds. The lowest BCUT2D eigenvalue weighted by atomic mass is 9.96. The van der Waals surface area contributed by atoms with E-state index in [1.54, 1.807) is 42.5 Å². The zero-order valence-corrected chi connectivity index (χ0v) is 28.6. The molecule has 7 rings (SSSR count). The van der Waals surface area contributed by atoms with Gasteiger partial charge in [0.25, 0.3) is 5.92 Å². The maximum Gasteiger partial charge on any atom is 0.298 e. The molecule has 4 aromatic rings. The largest absolute Gasteiger partial charge is 0.496 e. The van der Waals surface area contributed by atoms with Crippen LogP contribution in [0.25, 0.3) is 21.9 Å². The van der Waals surface area contributed by atoms with Crippen LogP contribution in [0.3, 0.4) is 0 Å². The van der Waals surface area contributed by atoms with E-state index in [1.807, 2.05) is 6.07 Å². The van der Waals surface area contributed by atoms with E-state index < -0.39 is 33.5 Å². The summed E-state index contributed by atoms with van der Waals surface area (Å²) < 4.78 is 75.0. The molecule has 2 saturated heterocycles. The van der Waals surface area contributed by atoms with Crippen molar-refractivity contribution in [1.29, 1.82) is 0 Å². The number of methoxy groups -OCH3 is 1. The number of nitrogens with zero attached hydrogens (tertiary/aromatic N) is 1. The molecule has 4 aromatic carbocycles. The summed E-state index contributed by atoms with van der Waals surface area (Å²) in [6, 6.07) is 18.0. The van der Waals surface area contributed by atoms with Crippen LogP contribution < -0.4 is 19.5 Å². The number of ether oxygens (including phenoxy) is 2. The Kier molecular flexibility index (Phi) is 9.29. The van der Waals surface area contributed by atoms with Crippen molar-refractivity contribution in [2.75, 3.05) is 33.3 Å². The van der Waals surface area contributed by atoms with Crippen LogP contribution in [0.15, 0.2) is 83.8 Å². The Labute approximate surface area is 289 Å². The van der Waals surface area contributed by atoms with Crippen molar-refractivity contribution in [1.82, 2.24) is 14.9 Å². The second kappa shape index (κ2) is 13.5. The van der Waals surface area contributed by atoms with E-state index in [0.717, 1.165) is 37.1 Å². The molecule has 258 valence electrons. The van der Waals surface area contributed by atoms with Crippen LogP contribution in [0.1, 0.15) is 31.2 Å². The summed E-state index contributed by atoms with van der Waals surface area (Å²) in [5, 5.41) is 5.14. The number of fused-ring (bicyclic) bond motifs is 2. The van der Waals surface area contributed by atoms with Crippen LogP contribution in [0.2, 0.25) is 5.02 Å². The maximum absolute atomic E-state index is 16.8. The summed E-state index contributed by atoms with van der Waals surface area (Å²) in [4.78, 5) is 15.2. The normalized spacial score (nSPS) is 20.4. The van der Waals surface area contributed by atoms with Gasteiger partial charge >= 0.3 is 0 Å². The third-order valence-electron chi connectivity index (χ3n) is 10.0. The van der Waals surface area contributed by atoms with Crippen LogP contribution in [-0.4, -0.2) is 64.7 Å². The van der Waals surface area contributed by atoms with E-state index in [9.17, 15) is 13.2 Å². The zero-order chi connectivity index (χ0) is 34.3. The molecule has 8 nitrogen and oxygen atoms in total. The smallest absolute Gasteiger partial charge is 0.298 e. The molecule has 1 saturated carbocycles. The number of benzene rings is 4. The summed E-state index contributed by atoms with van der Waals surface area (Å²) >= 11 is 6.04. The molecule has 2 N–H and O–H groups in total. The first-order valence-electron chi connectivity index (χ1n) is 16.6. The van der Waals surface area contributed by atoms with Crippen molar-refractivity contribution >= 4 is 38.3 Å². The van der Waals surface area contributed by atoms with Crippen molar-refractivity contribution in [3.05, 3.63) is 89.4 Å². The molecule has 2 heterocycles. The van der Waals surface area contributed by atoms with Crippen molar-refractivity contribution in [2.45, 2.75) is 48.6 Å². The lowest BCUT2D eigenvalue weighted by Crippen LogP contribution is -2.56. The number of nitrogens with one attached hydrogen (secondary N) is 2. The van der Waals surface area contributed by atoms with E-state index in [4.69, 9.17) is 21.1 Å². The predicted molar refractivity (Wildman–Crippen MR) is 185 cm³/mol. The van der Waals surface area contributed by atoms with Crippen LogP contribution in [0.4, 0.5) is 8.78 Å². The number of amides is 1. The number of likely N-dealkylation sites (tertiary alicyclic amines) is 1. The van der Waals surface area contributed by atoms with Gasteiger partial charge in [-0.3, -0.25) is 4.79 Å². The molecule has 3 fully saturated rings. The Morgan fingerprint density at radius 3 is 2.31 bits per heavy atom. The number of halogens is 3. The number of rotatable bonds is 10. The second-order valence-electron chi connectivity index (χ2n) is 13.2. The van der Waals surface area contributed by atoms with E-state index >= 15 is 8.78 Å². The lowest BCUT2D eigenvalue weighted by molar-refractivity contribution is -0.143. The van der Waals surface area contributed by atoms with E-state index in [-0.39, 0.29) is 41.7 Å². The molecule has 0 bridgehead atoms. The van der Waals surface area contributed by atoms with Gasteiger partial charge in [0, 0.05) is 42.3 Å². The standard InChI is InChI=1S/C37H38ClF2N3O5S/c1-47-34-18-28(10-15-33(34)23-6-11-29(38)12-7-23)37(39,40)35(36(44)43-21-26-19-41-20-27(26)22-43)42-49(45,46)32-14-9-24-16-31(13-8-25(24)17-32)48-30-4-2-3-5-30/h6-18,26-27,30,35,41-42H,2-5,19-22H2,1H3/t26-,27+,35-/m0/s1. The van der Waals surface area contributed by atoms with Crippen molar-refractivity contribution < 1.29 is 31.5 Å². The Hall–Kier alpha value is -3.77. The Balaban J connectivity index is 1.21. The Morgan fingerprint density at radius 1 is 0.939 bits per heavy atom. The predicted octanol–water partition coefficient (Wildman–Crippen LogP) is 6.61. The fourth-order valence-corrected chi connectivity index (χ4v) is 8.65. The number of hydrogen-bond acceptors (Lipinski definition) is 6. The molecular formula is C37H38ClF2N3O5S. The van der Waals surface area contributed by atoms with Crippen molar-refractivity contribution in [3.8, 4) is 22.6 Å². The molecule has 0 unspecified atom stereocenters. The van der Waals surface area contributed by atoms with Gasteiger partial charge in [-0.1, -0.05) is 48.0 Å². The highest BCUT2D eigenvalue weighted by Gasteiger charge is 2.52. The van der Waals surface area contributed by atoms with Gasteiger partial charge in [0.1, 0.15) is 11.5 Å². The van der Waals surface area contributed by atoms with Crippen LogP contribution in [-0.2, 0) is 20.7 Å². The highest BCUT2D eigenvalue weighted by molar-refractivity contribution is 7.89. The van der Waals surface area contributed by atoms with Crippen LogP contribution in [0, 0.1) is 11.8 Å². The summed E-state index contributed by atoms with van der Waals surface area (Å²) in [5.41, 5.74) is 0.669. The molecule has 0 radical (unpaired) electrons. The monoisotopic (exact) mass is 709 g/mol. The molecular weight excluding hydrogens is 672 g/mol. The lowest BCUT2D eigenvalue weighted by Gasteiger charge is -2.31. The topological polar surface area (TPSA) is 97.0 Å². The fourth-order valence-electron chi connectivity index (χ4n) is 7.29. The molecule has 3 aliphatic rings. The van der Waals surface area contributed by atoms with Gasteiger partial charge in [-0.15, -0.1) is 0 Å². The van der Waals surface area contributed by atoms with E-state index in [1.165, 1.54) is 36.3 Å². The third kappa shape index (κ3) is 6.86. The van der Waals surface area contributed by atoms with Gasteiger partial charge in [-0.25, -0.2) is 8.42 Å². The Morgan fingerprint density at radius 2 is 1.61 bits per heavy atom. The number of carbonyl (C=O) groups excluding carboxylic acids is 1. The van der Waals surface area contributed by atoms with Crippen molar-refractivity contribution in [2.24, 2.45) is 11.8 Å². The van der Waals surface area contributed by atoms with Crippen molar-refractivity contribution in [3.63, 3.8) is 0 Å². The van der Waals surface area contributed by atoms with Gasteiger partial charge in [0.2, 0.25) is 15.9 Å². The summed E-state index contributed by atoms with van der Waals surface area (Å²) in [6.45, 7) is 1.89. The first-order valence-corrected chi connectivity index (χ1v) is 18.4. The molecule has 2 aliphatic heterocycles. The molecule has 0 aromatic heterocycles. The average molecular weight is 710 g/mol. The van der Waals surface area contributed by atoms with Gasteiger partial charge in [0.15, 0.2) is 6.04 Å². The molecule has 0 spiro atoms. The molecule has 1 aliphatic carbocycles. The average Bonchev–Trinajstić information content (AvgIpc) is 3.86. The maximum atomic E-state index is 16.8. The highest BCUT2D eigenvalue weighted by atomic mass is 35.5. The summed E-state index contributed by atoms with van der Waals surface area (Å²) in [5.74, 6) is -3.84. The summed E-state index contributed by atoms with van der Waals surface area (Å²) in [7, 11) is -3.24. The SMILES string of the molecule is COc1cc(C(F)(F)[C@@H](NS(=O)(=O)c2ccc3cc(OC4CCCC4)ccc3c2)C(=O)N2C[C@H]3CNC[C@H]3C2)ccc1-c1ccc(Cl)cc1. The van der Waals surface area contributed by atoms with Gasteiger partial charge in [-0.05, 0) is 96.3 Å².